The monoisotopic (exact) mass is 466 g/mol. The molecule has 1 aliphatic heterocycles. The molecule has 0 fully saturated rings. The van der Waals surface area contributed by atoms with Gasteiger partial charge in [-0.2, -0.15) is 0 Å². The zero-order valence-corrected chi connectivity index (χ0v) is 19.5. The standard InChI is InChI=1S/C29H23O4P/c30-27-19-29(23-13-5-7-15-25(23)31-27)18-17-21-11-8-16-26(28(21)29)33-34-32-24-14-6-4-12-22(24)20-9-2-1-3-10-20/h1-16,34H,17-19H2/t29-/m1/s1. The van der Waals surface area contributed by atoms with E-state index in [4.69, 9.17) is 13.8 Å². The van der Waals surface area contributed by atoms with Crippen molar-refractivity contribution in [3.05, 3.63) is 114 Å². The molecule has 0 amide bonds. The zero-order chi connectivity index (χ0) is 23.0. The van der Waals surface area contributed by atoms with E-state index in [1.54, 1.807) is 0 Å². The summed E-state index contributed by atoms with van der Waals surface area (Å²) in [5.74, 6) is 2.00. The first-order valence-electron chi connectivity index (χ1n) is 11.4. The van der Waals surface area contributed by atoms with Crippen LogP contribution in [0.4, 0.5) is 0 Å². The molecule has 0 saturated carbocycles. The molecule has 4 aromatic carbocycles. The van der Waals surface area contributed by atoms with Crippen molar-refractivity contribution in [1.29, 1.82) is 0 Å². The Labute approximate surface area is 200 Å². The summed E-state index contributed by atoms with van der Waals surface area (Å²) < 4.78 is 18.0. The maximum atomic E-state index is 12.6. The molecule has 168 valence electrons. The predicted molar refractivity (Wildman–Crippen MR) is 134 cm³/mol. The number of hydrogen-bond acceptors (Lipinski definition) is 4. The van der Waals surface area contributed by atoms with E-state index in [1.807, 2.05) is 66.7 Å². The average Bonchev–Trinajstić information content (AvgIpc) is 3.24. The normalized spacial score (nSPS) is 18.5. The Morgan fingerprint density at radius 3 is 2.41 bits per heavy atom. The molecule has 1 heterocycles. The zero-order valence-electron chi connectivity index (χ0n) is 18.5. The number of ether oxygens (including phenoxy) is 1. The van der Waals surface area contributed by atoms with Crippen molar-refractivity contribution >= 4 is 15.0 Å². The summed E-state index contributed by atoms with van der Waals surface area (Å²) in [6.45, 7) is 0. The highest BCUT2D eigenvalue weighted by molar-refractivity contribution is 7.27. The largest absolute Gasteiger partial charge is 0.440 e. The Kier molecular flexibility index (Phi) is 5.31. The van der Waals surface area contributed by atoms with Crippen molar-refractivity contribution in [2.24, 2.45) is 0 Å². The number of fused-ring (bicyclic) bond motifs is 4. The van der Waals surface area contributed by atoms with Crippen LogP contribution in [0.1, 0.15) is 29.5 Å². The minimum Gasteiger partial charge on any atom is -0.440 e. The summed E-state index contributed by atoms with van der Waals surface area (Å²) in [4.78, 5) is 12.6. The van der Waals surface area contributed by atoms with Crippen molar-refractivity contribution in [2.45, 2.75) is 24.7 Å². The van der Waals surface area contributed by atoms with Crippen LogP contribution >= 0.6 is 9.03 Å². The Balaban J connectivity index is 1.31. The van der Waals surface area contributed by atoms with Gasteiger partial charge in [-0.15, -0.1) is 0 Å². The number of para-hydroxylation sites is 2. The lowest BCUT2D eigenvalue weighted by molar-refractivity contribution is -0.136. The summed E-state index contributed by atoms with van der Waals surface area (Å²) >= 11 is 0. The molecule has 0 N–H and O–H groups in total. The number of esters is 1. The van der Waals surface area contributed by atoms with Crippen LogP contribution in [0.25, 0.3) is 11.1 Å². The lowest BCUT2D eigenvalue weighted by Crippen LogP contribution is -2.35. The van der Waals surface area contributed by atoms with Gasteiger partial charge in [0.1, 0.15) is 17.2 Å². The van der Waals surface area contributed by atoms with Gasteiger partial charge in [-0.25, -0.2) is 0 Å². The Morgan fingerprint density at radius 2 is 1.50 bits per heavy atom. The fourth-order valence-corrected chi connectivity index (χ4v) is 5.88. The highest BCUT2D eigenvalue weighted by Crippen LogP contribution is 2.55. The molecule has 2 aliphatic rings. The number of carbonyl (C=O) groups excluding carboxylic acids is 1. The fourth-order valence-electron chi connectivity index (χ4n) is 5.31. The number of carbonyl (C=O) groups is 1. The second-order valence-electron chi connectivity index (χ2n) is 8.67. The van der Waals surface area contributed by atoms with E-state index in [2.05, 4.69) is 30.3 Å². The third kappa shape index (κ3) is 3.55. The Hall–Kier alpha value is -3.62. The molecular weight excluding hydrogens is 443 g/mol. The number of hydrogen-bond donors (Lipinski definition) is 0. The lowest BCUT2D eigenvalue weighted by Gasteiger charge is -2.36. The van der Waals surface area contributed by atoms with Crippen molar-refractivity contribution in [2.75, 3.05) is 0 Å². The van der Waals surface area contributed by atoms with Crippen LogP contribution in [-0.2, 0) is 16.6 Å². The maximum absolute atomic E-state index is 12.6. The summed E-state index contributed by atoms with van der Waals surface area (Å²) in [6.07, 6.45) is 2.07. The molecule has 1 unspecified atom stereocenters. The van der Waals surface area contributed by atoms with Crippen LogP contribution < -0.4 is 13.8 Å². The van der Waals surface area contributed by atoms with Gasteiger partial charge < -0.3 is 13.8 Å². The van der Waals surface area contributed by atoms with E-state index in [0.29, 0.717) is 12.2 Å². The van der Waals surface area contributed by atoms with Gasteiger partial charge in [-0.1, -0.05) is 78.9 Å². The molecule has 1 spiro atoms. The molecular formula is C29H23O4P. The van der Waals surface area contributed by atoms with E-state index >= 15 is 0 Å². The first-order valence-corrected chi connectivity index (χ1v) is 12.2. The van der Waals surface area contributed by atoms with Crippen molar-refractivity contribution in [1.82, 2.24) is 0 Å². The van der Waals surface area contributed by atoms with E-state index in [0.717, 1.165) is 46.6 Å². The van der Waals surface area contributed by atoms with E-state index in [1.165, 1.54) is 5.56 Å². The van der Waals surface area contributed by atoms with Gasteiger partial charge in [0.25, 0.3) is 9.03 Å². The Morgan fingerprint density at radius 1 is 0.765 bits per heavy atom. The third-order valence-electron chi connectivity index (χ3n) is 6.76. The lowest BCUT2D eigenvalue weighted by atomic mass is 9.71. The molecule has 1 aliphatic carbocycles. The second-order valence-corrected chi connectivity index (χ2v) is 9.24. The van der Waals surface area contributed by atoms with Crippen LogP contribution in [0.5, 0.6) is 17.2 Å². The quantitative estimate of drug-likeness (QED) is 0.183. The average molecular weight is 466 g/mol. The number of benzene rings is 4. The summed E-state index contributed by atoms with van der Waals surface area (Å²) in [5.41, 5.74) is 5.06. The minimum absolute atomic E-state index is 0.197. The van der Waals surface area contributed by atoms with Gasteiger partial charge in [0, 0.05) is 22.1 Å². The van der Waals surface area contributed by atoms with E-state index < -0.39 is 5.41 Å². The number of aryl methyl sites for hydroxylation is 1. The molecule has 5 heteroatoms. The van der Waals surface area contributed by atoms with Gasteiger partial charge in [-0.05, 0) is 42.2 Å². The molecule has 0 bridgehead atoms. The van der Waals surface area contributed by atoms with Gasteiger partial charge in [-0.3, -0.25) is 4.79 Å². The SMILES string of the molecule is O=C1C[C@]2(CCc3cccc(OPOc4ccccc4-c4ccccc4)c32)c2ccccc2O1. The summed E-state index contributed by atoms with van der Waals surface area (Å²) in [7, 11) is -0.220. The van der Waals surface area contributed by atoms with Gasteiger partial charge in [0.05, 0.1) is 6.42 Å². The Bertz CT molecular complexity index is 1370. The predicted octanol–water partition coefficient (Wildman–Crippen LogP) is 6.86. The minimum atomic E-state index is -0.426. The van der Waals surface area contributed by atoms with Gasteiger partial charge in [0.15, 0.2) is 0 Å². The topological polar surface area (TPSA) is 44.8 Å². The highest BCUT2D eigenvalue weighted by Gasteiger charge is 2.48. The van der Waals surface area contributed by atoms with Crippen molar-refractivity contribution < 1.29 is 18.6 Å². The van der Waals surface area contributed by atoms with Crippen LogP contribution in [0.2, 0.25) is 0 Å². The molecule has 4 nitrogen and oxygen atoms in total. The molecule has 4 aromatic rings. The van der Waals surface area contributed by atoms with Crippen LogP contribution in [0.15, 0.2) is 97.1 Å². The smallest absolute Gasteiger partial charge is 0.312 e. The van der Waals surface area contributed by atoms with E-state index in [9.17, 15) is 4.79 Å². The first-order chi connectivity index (χ1) is 16.7. The van der Waals surface area contributed by atoms with E-state index in [-0.39, 0.29) is 15.0 Å². The molecule has 34 heavy (non-hydrogen) atoms. The molecule has 6 rings (SSSR count). The van der Waals surface area contributed by atoms with Crippen LogP contribution in [-0.4, -0.2) is 5.97 Å². The summed E-state index contributed by atoms with van der Waals surface area (Å²) in [5, 5.41) is 0. The molecule has 0 saturated heterocycles. The van der Waals surface area contributed by atoms with Crippen LogP contribution in [0.3, 0.4) is 0 Å². The first kappa shape index (κ1) is 20.9. The molecule has 0 radical (unpaired) electrons. The second kappa shape index (κ2) is 8.62. The van der Waals surface area contributed by atoms with Gasteiger partial charge in [0.2, 0.25) is 0 Å². The van der Waals surface area contributed by atoms with Crippen molar-refractivity contribution in [3.63, 3.8) is 0 Å². The highest BCUT2D eigenvalue weighted by atomic mass is 31.1. The molecule has 0 aromatic heterocycles. The summed E-state index contributed by atoms with van der Waals surface area (Å²) in [6, 6.07) is 32.2. The molecule has 2 atom stereocenters. The van der Waals surface area contributed by atoms with Crippen molar-refractivity contribution in [3.8, 4) is 28.4 Å². The maximum Gasteiger partial charge on any atom is 0.312 e. The van der Waals surface area contributed by atoms with Gasteiger partial charge >= 0.3 is 5.97 Å². The third-order valence-corrected chi connectivity index (χ3v) is 7.37. The number of rotatable bonds is 5. The van der Waals surface area contributed by atoms with Crippen LogP contribution in [0, 0.1) is 0 Å². The fraction of sp³-hybridized carbons (Fsp3) is 0.138.